The van der Waals surface area contributed by atoms with Crippen molar-refractivity contribution in [2.45, 2.75) is 112 Å². The lowest BCUT2D eigenvalue weighted by Gasteiger charge is -2.32. The third-order valence-electron chi connectivity index (χ3n) is 6.81. The summed E-state index contributed by atoms with van der Waals surface area (Å²) in [7, 11) is -6.14. The molecular formula is C28H49N3O5S3. The Balaban J connectivity index is 1.83. The molecule has 39 heavy (non-hydrogen) atoms. The second-order valence-electron chi connectivity index (χ2n) is 10.1. The fraction of sp³-hybridized carbons (Fsp3) is 0.750. The van der Waals surface area contributed by atoms with E-state index in [0.717, 1.165) is 37.0 Å². The van der Waals surface area contributed by atoms with E-state index in [9.17, 15) is 16.8 Å². The number of methoxy groups -OCH3 is 1. The normalized spacial score (nSPS) is 17.9. The molecule has 224 valence electrons. The van der Waals surface area contributed by atoms with Gasteiger partial charge >= 0.3 is 0 Å². The van der Waals surface area contributed by atoms with Gasteiger partial charge in [-0.3, -0.25) is 0 Å². The number of fused-ring (bicyclic) bond motifs is 1. The number of nitrogens with zero attached hydrogens (tertiary/aromatic N) is 2. The largest absolute Gasteiger partial charge is 0.385 e. The van der Waals surface area contributed by atoms with E-state index in [1.54, 1.807) is 7.11 Å². The first-order valence-corrected chi connectivity index (χ1v) is 18.3. The van der Waals surface area contributed by atoms with Crippen LogP contribution >= 0.6 is 11.3 Å². The lowest BCUT2D eigenvalue weighted by atomic mass is 10.1. The van der Waals surface area contributed by atoms with Gasteiger partial charge in [0.15, 0.2) is 0 Å². The van der Waals surface area contributed by atoms with Gasteiger partial charge in [0.2, 0.25) is 0 Å². The third kappa shape index (κ3) is 11.4. The Morgan fingerprint density at radius 3 is 2.31 bits per heavy atom. The highest BCUT2D eigenvalue weighted by Gasteiger charge is 2.39. The van der Waals surface area contributed by atoms with E-state index in [1.165, 1.54) is 61.5 Å². The van der Waals surface area contributed by atoms with E-state index in [2.05, 4.69) is 28.8 Å². The molecule has 1 aromatic heterocycles. The van der Waals surface area contributed by atoms with Crippen LogP contribution in [0.25, 0.3) is 0 Å². The van der Waals surface area contributed by atoms with Gasteiger partial charge in [0.05, 0.1) is 0 Å². The molecule has 11 heteroatoms. The lowest BCUT2D eigenvalue weighted by Crippen LogP contribution is -2.43. The second kappa shape index (κ2) is 18.3. The predicted molar refractivity (Wildman–Crippen MR) is 162 cm³/mol. The number of likely N-dealkylation sites (N-methyl/N-ethyl adjacent to an activating group) is 1. The van der Waals surface area contributed by atoms with Crippen LogP contribution < -0.4 is 5.32 Å². The number of thiophene rings is 1. The quantitative estimate of drug-likeness (QED) is 0.0983. The SMILES string of the molecule is CCCCCCC=CCCCCCCC/C=N\S(=O)(=O)c1cc2c(s1)S(=O)(=O)N(CCCOC)C[C@@H]2NCC. The van der Waals surface area contributed by atoms with Crippen LogP contribution in [-0.2, 0) is 24.8 Å². The number of rotatable bonds is 21. The van der Waals surface area contributed by atoms with Crippen LogP contribution in [0.4, 0.5) is 0 Å². The molecule has 2 rings (SSSR count). The molecule has 1 N–H and O–H groups in total. The molecular weight excluding hydrogens is 555 g/mol. The van der Waals surface area contributed by atoms with Crippen molar-refractivity contribution in [3.63, 3.8) is 0 Å². The van der Waals surface area contributed by atoms with Crippen molar-refractivity contribution in [3.8, 4) is 0 Å². The first kappa shape index (κ1) is 34.1. The van der Waals surface area contributed by atoms with Gasteiger partial charge in [-0.15, -0.1) is 11.3 Å². The van der Waals surface area contributed by atoms with E-state index in [4.69, 9.17) is 4.74 Å². The van der Waals surface area contributed by atoms with Crippen molar-refractivity contribution >= 4 is 37.6 Å². The second-order valence-corrected chi connectivity index (χ2v) is 15.1. The number of hydrogen-bond donors (Lipinski definition) is 1. The van der Waals surface area contributed by atoms with E-state index >= 15 is 0 Å². The lowest BCUT2D eigenvalue weighted by molar-refractivity contribution is 0.185. The molecule has 0 bridgehead atoms. The Kier molecular flexibility index (Phi) is 16.0. The number of ether oxygens (including phenoxy) is 1. The Bertz CT molecular complexity index is 1100. The van der Waals surface area contributed by atoms with Crippen LogP contribution in [0.2, 0.25) is 0 Å². The fourth-order valence-corrected chi connectivity index (χ4v) is 9.41. The van der Waals surface area contributed by atoms with Crippen molar-refractivity contribution in [2.24, 2.45) is 4.40 Å². The van der Waals surface area contributed by atoms with Crippen molar-refractivity contribution in [3.05, 3.63) is 23.8 Å². The molecule has 0 radical (unpaired) electrons. The smallest absolute Gasteiger partial charge is 0.291 e. The molecule has 1 atom stereocenters. The highest BCUT2D eigenvalue weighted by Crippen LogP contribution is 2.40. The molecule has 1 aliphatic heterocycles. The fourth-order valence-electron chi connectivity index (χ4n) is 4.63. The zero-order valence-electron chi connectivity index (χ0n) is 24.1. The van der Waals surface area contributed by atoms with Gasteiger partial charge in [0, 0.05) is 44.6 Å². The monoisotopic (exact) mass is 603 g/mol. The van der Waals surface area contributed by atoms with Crippen LogP contribution in [0.5, 0.6) is 0 Å². The Hall–Kier alpha value is -1.11. The summed E-state index contributed by atoms with van der Waals surface area (Å²) >= 11 is 0.801. The van der Waals surface area contributed by atoms with Crippen LogP contribution in [0.1, 0.15) is 109 Å². The maximum Gasteiger partial charge on any atom is 0.291 e. The maximum atomic E-state index is 13.2. The molecule has 8 nitrogen and oxygen atoms in total. The number of sulfonamides is 2. The maximum absolute atomic E-state index is 13.2. The van der Waals surface area contributed by atoms with E-state index in [1.807, 2.05) is 6.92 Å². The Morgan fingerprint density at radius 2 is 1.67 bits per heavy atom. The standard InChI is InChI=1S/C28H49N3O5S3/c1-4-6-7-8-9-10-11-12-13-14-15-16-17-18-20-30-38(32,33)27-23-25-26(29-5-2)24-31(21-19-22-36-3)39(34,35)28(25)37-27/h10-11,20,23,26,29H,4-9,12-19,21-22,24H2,1-3H3/b11-10?,30-20-/t26-/m0/s1. The summed E-state index contributed by atoms with van der Waals surface area (Å²) in [6, 6.07) is 1.23. The third-order valence-corrected chi connectivity index (χ3v) is 12.1. The summed E-state index contributed by atoms with van der Waals surface area (Å²) in [5.41, 5.74) is 0.518. The van der Waals surface area contributed by atoms with Crippen LogP contribution in [0.3, 0.4) is 0 Å². The zero-order chi connectivity index (χ0) is 28.6. The first-order chi connectivity index (χ1) is 18.8. The minimum atomic E-state index is -3.95. The van der Waals surface area contributed by atoms with Gasteiger partial charge in [0.25, 0.3) is 20.0 Å². The molecule has 0 saturated carbocycles. The van der Waals surface area contributed by atoms with Gasteiger partial charge in [-0.25, -0.2) is 8.42 Å². The molecule has 0 saturated heterocycles. The average molecular weight is 604 g/mol. The van der Waals surface area contributed by atoms with Gasteiger partial charge in [-0.1, -0.05) is 64.5 Å². The molecule has 0 aliphatic carbocycles. The molecule has 2 heterocycles. The summed E-state index contributed by atoms with van der Waals surface area (Å²) in [6.07, 6.45) is 20.2. The van der Waals surface area contributed by atoms with Crippen molar-refractivity contribution in [1.82, 2.24) is 9.62 Å². The topological polar surface area (TPSA) is 105 Å². The molecule has 1 aromatic rings. The van der Waals surface area contributed by atoms with Crippen molar-refractivity contribution in [1.29, 1.82) is 0 Å². The molecule has 0 amide bonds. The number of unbranched alkanes of at least 4 members (excludes halogenated alkanes) is 10. The highest BCUT2D eigenvalue weighted by atomic mass is 32.3. The first-order valence-electron chi connectivity index (χ1n) is 14.6. The summed E-state index contributed by atoms with van der Waals surface area (Å²) in [5, 5.41) is 3.30. The van der Waals surface area contributed by atoms with Gasteiger partial charge in [-0.2, -0.15) is 17.1 Å². The number of nitrogens with one attached hydrogen (secondary N) is 1. The summed E-state index contributed by atoms with van der Waals surface area (Å²) < 4.78 is 62.7. The summed E-state index contributed by atoms with van der Waals surface area (Å²) in [5.74, 6) is 0. The van der Waals surface area contributed by atoms with Crippen LogP contribution in [-0.4, -0.2) is 60.7 Å². The number of hydrogen-bond acceptors (Lipinski definition) is 7. The zero-order valence-corrected chi connectivity index (χ0v) is 26.5. The average Bonchev–Trinajstić information content (AvgIpc) is 3.37. The number of allylic oxidation sites excluding steroid dienone is 2. The molecule has 0 aromatic carbocycles. The van der Waals surface area contributed by atoms with Gasteiger partial charge < -0.3 is 10.1 Å². The molecule has 0 fully saturated rings. The van der Waals surface area contributed by atoms with E-state index in [0.29, 0.717) is 38.1 Å². The van der Waals surface area contributed by atoms with Crippen molar-refractivity contribution in [2.75, 3.05) is 33.4 Å². The van der Waals surface area contributed by atoms with Crippen molar-refractivity contribution < 1.29 is 21.6 Å². The Morgan fingerprint density at radius 1 is 1.03 bits per heavy atom. The molecule has 1 aliphatic rings. The van der Waals surface area contributed by atoms with E-state index < -0.39 is 20.0 Å². The molecule has 0 unspecified atom stereocenters. The summed E-state index contributed by atoms with van der Waals surface area (Å²) in [4.78, 5) is 0. The van der Waals surface area contributed by atoms with Gasteiger partial charge in [0.1, 0.15) is 8.42 Å². The Labute approximate surface area is 241 Å². The highest BCUT2D eigenvalue weighted by molar-refractivity contribution is 7.94. The summed E-state index contributed by atoms with van der Waals surface area (Å²) in [6.45, 7) is 5.87. The van der Waals surface area contributed by atoms with Gasteiger partial charge in [-0.05, 0) is 57.6 Å². The van der Waals surface area contributed by atoms with Crippen LogP contribution in [0.15, 0.2) is 31.0 Å². The minimum absolute atomic E-state index is 0.0209. The van der Waals surface area contributed by atoms with E-state index in [-0.39, 0.29) is 21.0 Å². The molecule has 0 spiro atoms. The predicted octanol–water partition coefficient (Wildman–Crippen LogP) is 6.46. The minimum Gasteiger partial charge on any atom is -0.385 e. The van der Waals surface area contributed by atoms with Crippen LogP contribution in [0, 0.1) is 0 Å².